The monoisotopic (exact) mass is 558 g/mol. The van der Waals surface area contributed by atoms with Crippen LogP contribution in [0.1, 0.15) is 23.6 Å². The average molecular weight is 560 g/mol. The SMILES string of the molecule is CCOc1cc(/C=C(\C#N)C(=O)Nc2cccc(Cl)c2C)c(Br)cc1OCc1ccccc1Cl. The first-order valence-corrected chi connectivity index (χ1v) is 11.9. The van der Waals surface area contributed by atoms with Crippen LogP contribution in [0.2, 0.25) is 10.0 Å². The molecular formula is C26H21BrCl2N2O3. The number of rotatable bonds is 8. The third kappa shape index (κ3) is 6.32. The number of benzene rings is 3. The maximum absolute atomic E-state index is 12.8. The number of hydrogen-bond acceptors (Lipinski definition) is 4. The lowest BCUT2D eigenvalue weighted by Gasteiger charge is -2.15. The number of anilines is 1. The van der Waals surface area contributed by atoms with Crippen molar-refractivity contribution in [3.05, 3.63) is 91.4 Å². The normalized spacial score (nSPS) is 11.0. The summed E-state index contributed by atoms with van der Waals surface area (Å²) in [6.45, 7) is 4.32. The molecule has 0 aromatic heterocycles. The van der Waals surface area contributed by atoms with Crippen LogP contribution in [0, 0.1) is 18.3 Å². The third-order valence-corrected chi connectivity index (χ3v) is 6.35. The highest BCUT2D eigenvalue weighted by Gasteiger charge is 2.15. The fourth-order valence-electron chi connectivity index (χ4n) is 3.05. The zero-order chi connectivity index (χ0) is 24.7. The molecule has 0 unspecified atom stereocenters. The number of nitriles is 1. The van der Waals surface area contributed by atoms with Crippen LogP contribution in [0.3, 0.4) is 0 Å². The average Bonchev–Trinajstić information content (AvgIpc) is 2.82. The van der Waals surface area contributed by atoms with E-state index in [0.29, 0.717) is 43.9 Å². The molecule has 34 heavy (non-hydrogen) atoms. The molecule has 0 aliphatic rings. The molecule has 0 heterocycles. The highest BCUT2D eigenvalue weighted by molar-refractivity contribution is 9.10. The van der Waals surface area contributed by atoms with Crippen LogP contribution in [0.5, 0.6) is 11.5 Å². The molecule has 1 amide bonds. The van der Waals surface area contributed by atoms with Gasteiger partial charge in [0.15, 0.2) is 11.5 Å². The van der Waals surface area contributed by atoms with E-state index in [2.05, 4.69) is 21.2 Å². The van der Waals surface area contributed by atoms with Gasteiger partial charge in [0.25, 0.3) is 5.91 Å². The van der Waals surface area contributed by atoms with Crippen molar-refractivity contribution < 1.29 is 14.3 Å². The topological polar surface area (TPSA) is 71.3 Å². The van der Waals surface area contributed by atoms with Gasteiger partial charge in [0, 0.05) is 25.8 Å². The Bertz CT molecular complexity index is 1290. The first-order valence-electron chi connectivity index (χ1n) is 10.3. The molecule has 0 saturated heterocycles. The Labute approximate surface area is 217 Å². The lowest BCUT2D eigenvalue weighted by atomic mass is 10.1. The van der Waals surface area contributed by atoms with E-state index in [-0.39, 0.29) is 12.2 Å². The summed E-state index contributed by atoms with van der Waals surface area (Å²) in [5, 5.41) is 13.5. The van der Waals surface area contributed by atoms with Crippen LogP contribution < -0.4 is 14.8 Å². The molecule has 3 aromatic carbocycles. The smallest absolute Gasteiger partial charge is 0.266 e. The second-order valence-electron chi connectivity index (χ2n) is 7.17. The lowest BCUT2D eigenvalue weighted by molar-refractivity contribution is -0.112. The maximum Gasteiger partial charge on any atom is 0.266 e. The fraction of sp³-hybridized carbons (Fsp3) is 0.154. The van der Waals surface area contributed by atoms with Crippen LogP contribution >= 0.6 is 39.1 Å². The first-order chi connectivity index (χ1) is 16.3. The molecule has 0 atom stereocenters. The summed E-state index contributed by atoms with van der Waals surface area (Å²) in [6, 6.07) is 18.0. The van der Waals surface area contributed by atoms with Crippen molar-refractivity contribution in [3.8, 4) is 17.6 Å². The van der Waals surface area contributed by atoms with Gasteiger partial charge in [-0.3, -0.25) is 4.79 Å². The minimum Gasteiger partial charge on any atom is -0.490 e. The predicted molar refractivity (Wildman–Crippen MR) is 140 cm³/mol. The lowest BCUT2D eigenvalue weighted by Crippen LogP contribution is -2.14. The number of hydrogen-bond donors (Lipinski definition) is 1. The number of carbonyl (C=O) groups excluding carboxylic acids is 1. The van der Waals surface area contributed by atoms with Crippen molar-refractivity contribution in [2.75, 3.05) is 11.9 Å². The number of ether oxygens (including phenoxy) is 2. The summed E-state index contributed by atoms with van der Waals surface area (Å²) >= 11 is 15.9. The molecular weight excluding hydrogens is 539 g/mol. The zero-order valence-corrected chi connectivity index (χ0v) is 21.6. The number of nitrogens with zero attached hydrogens (tertiary/aromatic N) is 1. The molecule has 0 saturated carbocycles. The van der Waals surface area contributed by atoms with Crippen LogP contribution in [-0.4, -0.2) is 12.5 Å². The molecule has 174 valence electrons. The van der Waals surface area contributed by atoms with Crippen molar-refractivity contribution in [2.24, 2.45) is 0 Å². The molecule has 8 heteroatoms. The maximum atomic E-state index is 12.8. The number of halogens is 3. The Morgan fingerprint density at radius 2 is 1.79 bits per heavy atom. The van der Waals surface area contributed by atoms with Crippen molar-refractivity contribution in [3.63, 3.8) is 0 Å². The summed E-state index contributed by atoms with van der Waals surface area (Å²) < 4.78 is 12.3. The predicted octanol–water partition coefficient (Wildman–Crippen LogP) is 7.59. The van der Waals surface area contributed by atoms with Gasteiger partial charge in [0.2, 0.25) is 0 Å². The van der Waals surface area contributed by atoms with Gasteiger partial charge in [-0.05, 0) is 61.4 Å². The van der Waals surface area contributed by atoms with Crippen LogP contribution in [0.4, 0.5) is 5.69 Å². The second kappa shape index (κ2) is 11.9. The quantitative estimate of drug-likeness (QED) is 0.228. The molecule has 3 aromatic rings. The minimum atomic E-state index is -0.545. The number of carbonyl (C=O) groups is 1. The molecule has 0 fully saturated rings. The van der Waals surface area contributed by atoms with Crippen LogP contribution in [0.25, 0.3) is 6.08 Å². The largest absolute Gasteiger partial charge is 0.490 e. The van der Waals surface area contributed by atoms with Gasteiger partial charge in [0.05, 0.1) is 6.61 Å². The highest BCUT2D eigenvalue weighted by Crippen LogP contribution is 2.36. The number of amides is 1. The Hall–Kier alpha value is -2.98. The van der Waals surface area contributed by atoms with E-state index in [1.165, 1.54) is 6.08 Å². The Morgan fingerprint density at radius 3 is 2.50 bits per heavy atom. The van der Waals surface area contributed by atoms with E-state index in [0.717, 1.165) is 11.1 Å². The molecule has 5 nitrogen and oxygen atoms in total. The van der Waals surface area contributed by atoms with Crippen molar-refractivity contribution >= 4 is 56.8 Å². The van der Waals surface area contributed by atoms with E-state index < -0.39 is 5.91 Å². The highest BCUT2D eigenvalue weighted by atomic mass is 79.9. The summed E-state index contributed by atoms with van der Waals surface area (Å²) in [7, 11) is 0. The van der Waals surface area contributed by atoms with E-state index >= 15 is 0 Å². The van der Waals surface area contributed by atoms with E-state index in [9.17, 15) is 10.1 Å². The van der Waals surface area contributed by atoms with Gasteiger partial charge in [-0.2, -0.15) is 5.26 Å². The van der Waals surface area contributed by atoms with Gasteiger partial charge in [-0.25, -0.2) is 0 Å². The molecule has 3 rings (SSSR count). The van der Waals surface area contributed by atoms with E-state index in [1.807, 2.05) is 31.2 Å². The molecule has 0 spiro atoms. The summed E-state index contributed by atoms with van der Waals surface area (Å²) in [6.07, 6.45) is 1.49. The van der Waals surface area contributed by atoms with Crippen molar-refractivity contribution in [2.45, 2.75) is 20.5 Å². The van der Waals surface area contributed by atoms with Gasteiger partial charge >= 0.3 is 0 Å². The summed E-state index contributed by atoms with van der Waals surface area (Å²) in [5.74, 6) is 0.437. The molecule has 1 N–H and O–H groups in total. The van der Waals surface area contributed by atoms with Gasteiger partial charge in [-0.1, -0.05) is 63.4 Å². The van der Waals surface area contributed by atoms with E-state index in [4.69, 9.17) is 32.7 Å². The number of nitrogens with one attached hydrogen (secondary N) is 1. The summed E-state index contributed by atoms with van der Waals surface area (Å²) in [5.41, 5.74) is 2.60. The van der Waals surface area contributed by atoms with Crippen molar-refractivity contribution in [1.29, 1.82) is 5.26 Å². The molecule has 0 radical (unpaired) electrons. The molecule has 0 aliphatic carbocycles. The van der Waals surface area contributed by atoms with E-state index in [1.54, 1.807) is 43.3 Å². The fourth-order valence-corrected chi connectivity index (χ4v) is 3.85. The van der Waals surface area contributed by atoms with Crippen LogP contribution in [-0.2, 0) is 11.4 Å². The van der Waals surface area contributed by atoms with Gasteiger partial charge in [0.1, 0.15) is 18.2 Å². The zero-order valence-electron chi connectivity index (χ0n) is 18.5. The Morgan fingerprint density at radius 1 is 1.09 bits per heavy atom. The standard InChI is InChI=1S/C26H21BrCl2N2O3/c1-3-33-24-12-18(20(27)13-25(24)34-15-17-7-4-5-8-22(17)29)11-19(14-30)26(32)31-23-10-6-9-21(28)16(23)2/h4-13H,3,15H2,1-2H3,(H,31,32)/b19-11+. The molecule has 0 bridgehead atoms. The molecule has 0 aliphatic heterocycles. The summed E-state index contributed by atoms with van der Waals surface area (Å²) in [4.78, 5) is 12.8. The van der Waals surface area contributed by atoms with Crippen molar-refractivity contribution in [1.82, 2.24) is 0 Å². The van der Waals surface area contributed by atoms with Gasteiger partial charge < -0.3 is 14.8 Å². The van der Waals surface area contributed by atoms with Crippen LogP contribution in [0.15, 0.2) is 64.6 Å². The Balaban J connectivity index is 1.88. The van der Waals surface area contributed by atoms with Gasteiger partial charge in [-0.15, -0.1) is 0 Å². The second-order valence-corrected chi connectivity index (χ2v) is 8.84. The Kier molecular flexibility index (Phi) is 9.00. The minimum absolute atomic E-state index is 0.0766. The first kappa shape index (κ1) is 25.6. The third-order valence-electron chi connectivity index (χ3n) is 4.88.